The van der Waals surface area contributed by atoms with Crippen LogP contribution in [0.25, 0.3) is 0 Å². The van der Waals surface area contributed by atoms with E-state index in [1.54, 1.807) is 0 Å². The smallest absolute Gasteiger partial charge is 0.253 e. The topological polar surface area (TPSA) is 43.9 Å². The van der Waals surface area contributed by atoms with Crippen LogP contribution < -0.4 is 0 Å². The molecular weight excluding hydrogens is 326 g/mol. The summed E-state index contributed by atoms with van der Waals surface area (Å²) in [6, 6.07) is 7.95. The molecule has 26 heavy (non-hydrogen) atoms. The SMILES string of the molecule is CCc1ccc(C(=O)N2CCN(CCC(=O)N3CCCCC3)CC2)cc1. The van der Waals surface area contributed by atoms with Gasteiger partial charge in [-0.05, 0) is 43.4 Å². The number of carbonyl (C=O) groups is 2. The lowest BCUT2D eigenvalue weighted by Gasteiger charge is -2.35. The maximum Gasteiger partial charge on any atom is 0.253 e. The third kappa shape index (κ3) is 4.85. The molecule has 0 bridgehead atoms. The van der Waals surface area contributed by atoms with Crippen molar-refractivity contribution >= 4 is 11.8 Å². The molecule has 3 rings (SSSR count). The van der Waals surface area contributed by atoms with E-state index in [1.165, 1.54) is 12.0 Å². The Kier molecular flexibility index (Phi) is 6.67. The summed E-state index contributed by atoms with van der Waals surface area (Å²) in [4.78, 5) is 31.2. The molecule has 0 spiro atoms. The molecule has 5 heteroatoms. The van der Waals surface area contributed by atoms with Gasteiger partial charge in [0.05, 0.1) is 0 Å². The number of hydrogen-bond donors (Lipinski definition) is 0. The van der Waals surface area contributed by atoms with Crippen LogP contribution in [0.2, 0.25) is 0 Å². The number of piperazine rings is 1. The van der Waals surface area contributed by atoms with E-state index in [0.717, 1.165) is 70.6 Å². The minimum Gasteiger partial charge on any atom is -0.343 e. The third-order valence-corrected chi connectivity index (χ3v) is 5.62. The Morgan fingerprint density at radius 2 is 1.50 bits per heavy atom. The molecule has 2 aliphatic rings. The van der Waals surface area contributed by atoms with Gasteiger partial charge in [-0.3, -0.25) is 14.5 Å². The average Bonchev–Trinajstić information content (AvgIpc) is 2.72. The molecule has 2 amide bonds. The predicted octanol–water partition coefficient (Wildman–Crippen LogP) is 2.41. The summed E-state index contributed by atoms with van der Waals surface area (Å²) in [5.41, 5.74) is 2.03. The van der Waals surface area contributed by atoms with Crippen molar-refractivity contribution in [3.05, 3.63) is 35.4 Å². The van der Waals surface area contributed by atoms with Crippen LogP contribution in [0, 0.1) is 0 Å². The number of nitrogens with zero attached hydrogens (tertiary/aromatic N) is 3. The predicted molar refractivity (Wildman–Crippen MR) is 103 cm³/mol. The Morgan fingerprint density at radius 3 is 2.12 bits per heavy atom. The number of likely N-dealkylation sites (tertiary alicyclic amines) is 1. The van der Waals surface area contributed by atoms with Crippen molar-refractivity contribution in [2.24, 2.45) is 0 Å². The van der Waals surface area contributed by atoms with E-state index < -0.39 is 0 Å². The largest absolute Gasteiger partial charge is 0.343 e. The molecule has 2 saturated heterocycles. The van der Waals surface area contributed by atoms with Crippen LogP contribution in [-0.4, -0.2) is 72.3 Å². The highest BCUT2D eigenvalue weighted by atomic mass is 16.2. The van der Waals surface area contributed by atoms with Gasteiger partial charge in [0.25, 0.3) is 5.91 Å². The van der Waals surface area contributed by atoms with Crippen LogP contribution in [0.1, 0.15) is 48.5 Å². The van der Waals surface area contributed by atoms with Gasteiger partial charge in [-0.1, -0.05) is 19.1 Å². The van der Waals surface area contributed by atoms with Crippen LogP contribution in [0.4, 0.5) is 0 Å². The minimum atomic E-state index is 0.122. The fourth-order valence-electron chi connectivity index (χ4n) is 3.80. The van der Waals surface area contributed by atoms with E-state index in [-0.39, 0.29) is 5.91 Å². The number of rotatable bonds is 5. The average molecular weight is 357 g/mol. The van der Waals surface area contributed by atoms with Crippen molar-refractivity contribution in [3.63, 3.8) is 0 Å². The number of carbonyl (C=O) groups excluding carboxylic acids is 2. The molecular formula is C21H31N3O2. The number of piperidine rings is 1. The number of hydrogen-bond acceptors (Lipinski definition) is 3. The summed E-state index contributed by atoms with van der Waals surface area (Å²) in [7, 11) is 0. The summed E-state index contributed by atoms with van der Waals surface area (Å²) in [6.07, 6.45) is 5.13. The number of amides is 2. The van der Waals surface area contributed by atoms with Gasteiger partial charge in [0.15, 0.2) is 0 Å². The van der Waals surface area contributed by atoms with Gasteiger partial charge in [-0.25, -0.2) is 0 Å². The summed E-state index contributed by atoms with van der Waals surface area (Å²) in [5.74, 6) is 0.413. The first kappa shape index (κ1) is 18.9. The molecule has 5 nitrogen and oxygen atoms in total. The lowest BCUT2D eigenvalue weighted by Crippen LogP contribution is -2.49. The van der Waals surface area contributed by atoms with Crippen LogP contribution in [0.3, 0.4) is 0 Å². The molecule has 0 atom stereocenters. The maximum absolute atomic E-state index is 12.6. The highest BCUT2D eigenvalue weighted by Crippen LogP contribution is 2.13. The Bertz CT molecular complexity index is 600. The fraction of sp³-hybridized carbons (Fsp3) is 0.619. The van der Waals surface area contributed by atoms with Crippen molar-refractivity contribution in [2.45, 2.75) is 39.0 Å². The molecule has 0 saturated carbocycles. The highest BCUT2D eigenvalue weighted by molar-refractivity contribution is 5.94. The second-order valence-corrected chi connectivity index (χ2v) is 7.38. The van der Waals surface area contributed by atoms with Gasteiger partial charge < -0.3 is 9.80 Å². The molecule has 1 aromatic carbocycles. The van der Waals surface area contributed by atoms with E-state index in [1.807, 2.05) is 34.1 Å². The van der Waals surface area contributed by atoms with Crippen molar-refractivity contribution in [1.29, 1.82) is 0 Å². The van der Waals surface area contributed by atoms with Gasteiger partial charge in [0.2, 0.25) is 5.91 Å². The summed E-state index contributed by atoms with van der Waals surface area (Å²) in [5, 5.41) is 0. The molecule has 0 aromatic heterocycles. The second-order valence-electron chi connectivity index (χ2n) is 7.38. The summed E-state index contributed by atoms with van der Waals surface area (Å²) >= 11 is 0. The van der Waals surface area contributed by atoms with Crippen LogP contribution in [-0.2, 0) is 11.2 Å². The van der Waals surface area contributed by atoms with E-state index in [4.69, 9.17) is 0 Å². The van der Waals surface area contributed by atoms with Crippen LogP contribution >= 0.6 is 0 Å². The Balaban J connectivity index is 1.41. The molecule has 0 unspecified atom stereocenters. The van der Waals surface area contributed by atoms with Gasteiger partial charge in [0.1, 0.15) is 0 Å². The standard InChI is InChI=1S/C21H31N3O2/c1-2-18-6-8-19(9-7-18)21(26)24-16-14-22(15-17-24)13-10-20(25)23-11-4-3-5-12-23/h6-9H,2-5,10-17H2,1H3. The van der Waals surface area contributed by atoms with Crippen molar-refractivity contribution in [1.82, 2.24) is 14.7 Å². The third-order valence-electron chi connectivity index (χ3n) is 5.62. The van der Waals surface area contributed by atoms with Gasteiger partial charge in [-0.2, -0.15) is 0 Å². The summed E-state index contributed by atoms with van der Waals surface area (Å²) < 4.78 is 0. The number of aryl methyl sites for hydroxylation is 1. The first-order valence-electron chi connectivity index (χ1n) is 10.1. The minimum absolute atomic E-state index is 0.122. The van der Waals surface area contributed by atoms with Crippen molar-refractivity contribution in [3.8, 4) is 0 Å². The Morgan fingerprint density at radius 1 is 0.846 bits per heavy atom. The molecule has 0 N–H and O–H groups in total. The second kappa shape index (κ2) is 9.17. The zero-order valence-corrected chi connectivity index (χ0v) is 16.0. The Hall–Kier alpha value is -1.88. The molecule has 2 fully saturated rings. The van der Waals surface area contributed by atoms with E-state index >= 15 is 0 Å². The fourth-order valence-corrected chi connectivity index (χ4v) is 3.80. The van der Waals surface area contributed by atoms with Crippen LogP contribution in [0.5, 0.6) is 0 Å². The van der Waals surface area contributed by atoms with Gasteiger partial charge in [-0.15, -0.1) is 0 Å². The van der Waals surface area contributed by atoms with Crippen molar-refractivity contribution < 1.29 is 9.59 Å². The maximum atomic E-state index is 12.6. The van der Waals surface area contributed by atoms with E-state index in [0.29, 0.717) is 12.3 Å². The number of benzene rings is 1. The van der Waals surface area contributed by atoms with E-state index in [9.17, 15) is 9.59 Å². The van der Waals surface area contributed by atoms with Gasteiger partial charge >= 0.3 is 0 Å². The molecule has 142 valence electrons. The van der Waals surface area contributed by atoms with Gasteiger partial charge in [0, 0.05) is 57.8 Å². The first-order valence-corrected chi connectivity index (χ1v) is 10.1. The van der Waals surface area contributed by atoms with Crippen LogP contribution in [0.15, 0.2) is 24.3 Å². The molecule has 1 aromatic rings. The first-order chi connectivity index (χ1) is 12.7. The molecule has 0 radical (unpaired) electrons. The normalized spacial score (nSPS) is 18.8. The molecule has 0 aliphatic carbocycles. The lowest BCUT2D eigenvalue weighted by molar-refractivity contribution is -0.132. The zero-order chi connectivity index (χ0) is 18.4. The zero-order valence-electron chi connectivity index (χ0n) is 16.0. The van der Waals surface area contributed by atoms with E-state index in [2.05, 4.69) is 11.8 Å². The Labute approximate surface area is 156 Å². The monoisotopic (exact) mass is 357 g/mol. The highest BCUT2D eigenvalue weighted by Gasteiger charge is 2.23. The molecule has 2 heterocycles. The summed E-state index contributed by atoms with van der Waals surface area (Å²) in [6.45, 7) is 7.97. The van der Waals surface area contributed by atoms with Crippen molar-refractivity contribution in [2.75, 3.05) is 45.8 Å². The quantitative estimate of drug-likeness (QED) is 0.813. The molecule has 2 aliphatic heterocycles. The lowest BCUT2D eigenvalue weighted by atomic mass is 10.1.